The van der Waals surface area contributed by atoms with Crippen molar-refractivity contribution in [1.29, 1.82) is 0 Å². The van der Waals surface area contributed by atoms with Gasteiger partial charge in [-0.3, -0.25) is 19.7 Å². The largest absolute Gasteiger partial charge is 0.336 e. The highest BCUT2D eigenvalue weighted by Gasteiger charge is 2.44. The molecule has 1 N–H and O–H groups in total. The van der Waals surface area contributed by atoms with E-state index in [9.17, 15) is 24.1 Å². The minimum Gasteiger partial charge on any atom is -0.336 e. The normalized spacial score (nSPS) is 20.7. The van der Waals surface area contributed by atoms with Crippen molar-refractivity contribution in [2.24, 2.45) is 0 Å². The molecule has 2 aromatic carbocycles. The highest BCUT2D eigenvalue weighted by molar-refractivity contribution is 6.09. The molecular weight excluding hydrogens is 377 g/mol. The van der Waals surface area contributed by atoms with Crippen LogP contribution in [0.3, 0.4) is 0 Å². The summed E-state index contributed by atoms with van der Waals surface area (Å²) in [6.45, 7) is 3.29. The van der Waals surface area contributed by atoms with Gasteiger partial charge in [-0.2, -0.15) is 0 Å². The molecule has 1 heterocycles. The second-order valence-corrected chi connectivity index (χ2v) is 7.25. The third kappa shape index (κ3) is 3.87. The fraction of sp³-hybridized carbons (Fsp3) is 0.238. The van der Waals surface area contributed by atoms with Gasteiger partial charge in [0.15, 0.2) is 0 Å². The van der Waals surface area contributed by atoms with Crippen LogP contribution in [0.5, 0.6) is 0 Å². The summed E-state index contributed by atoms with van der Waals surface area (Å²) in [5.41, 5.74) is 0.218. The number of amides is 2. The van der Waals surface area contributed by atoms with Crippen molar-refractivity contribution in [1.82, 2.24) is 10.2 Å². The van der Waals surface area contributed by atoms with E-state index >= 15 is 0 Å². The summed E-state index contributed by atoms with van der Waals surface area (Å²) in [5, 5.41) is 14.1. The molecule has 0 spiro atoms. The molecular formula is C21H20FN3O4. The molecule has 1 aliphatic rings. The number of nitrogens with one attached hydrogen (secondary N) is 1. The summed E-state index contributed by atoms with van der Waals surface area (Å²) >= 11 is 0. The van der Waals surface area contributed by atoms with E-state index in [1.165, 1.54) is 36.2 Å². The smallest absolute Gasteiger partial charge is 0.276 e. The predicted molar refractivity (Wildman–Crippen MR) is 105 cm³/mol. The van der Waals surface area contributed by atoms with Crippen LogP contribution >= 0.6 is 0 Å². The summed E-state index contributed by atoms with van der Waals surface area (Å²) in [6, 6.07) is 10.3. The Bertz CT molecular complexity index is 1030. The number of benzene rings is 2. The Morgan fingerprint density at radius 1 is 1.21 bits per heavy atom. The Morgan fingerprint density at radius 3 is 2.48 bits per heavy atom. The van der Waals surface area contributed by atoms with Crippen LogP contribution in [-0.4, -0.2) is 34.2 Å². The molecule has 0 saturated carbocycles. The maximum atomic E-state index is 13.1. The van der Waals surface area contributed by atoms with Gasteiger partial charge >= 0.3 is 0 Å². The summed E-state index contributed by atoms with van der Waals surface area (Å²) in [6.07, 6.45) is 1.54. The molecule has 1 aliphatic heterocycles. The Labute approximate surface area is 167 Å². The third-order valence-corrected chi connectivity index (χ3v) is 5.01. The minimum atomic E-state index is -1.22. The van der Waals surface area contributed by atoms with Crippen molar-refractivity contribution in [3.63, 3.8) is 0 Å². The highest BCUT2D eigenvalue weighted by atomic mass is 19.1. The minimum absolute atomic E-state index is 0.0176. The van der Waals surface area contributed by atoms with Gasteiger partial charge in [-0.1, -0.05) is 24.3 Å². The second kappa shape index (κ2) is 7.46. The van der Waals surface area contributed by atoms with E-state index in [2.05, 4.69) is 5.32 Å². The Kier molecular flexibility index (Phi) is 5.19. The van der Waals surface area contributed by atoms with Crippen molar-refractivity contribution >= 4 is 23.6 Å². The lowest BCUT2D eigenvalue weighted by molar-refractivity contribution is -0.385. The first-order valence-electron chi connectivity index (χ1n) is 8.93. The number of piperazine rings is 1. The number of aryl methyl sites for hydroxylation is 1. The lowest BCUT2D eigenvalue weighted by atomic mass is 9.88. The Morgan fingerprint density at radius 2 is 1.86 bits per heavy atom. The van der Waals surface area contributed by atoms with E-state index in [-0.39, 0.29) is 35.1 Å². The molecule has 1 unspecified atom stereocenters. The van der Waals surface area contributed by atoms with E-state index in [0.717, 1.165) is 0 Å². The first kappa shape index (κ1) is 20.2. The van der Waals surface area contributed by atoms with Gasteiger partial charge in [0.1, 0.15) is 17.1 Å². The van der Waals surface area contributed by atoms with Crippen LogP contribution in [0.25, 0.3) is 6.08 Å². The monoisotopic (exact) mass is 397 g/mol. The van der Waals surface area contributed by atoms with Crippen LogP contribution in [0.2, 0.25) is 0 Å². The quantitative estimate of drug-likeness (QED) is 0.488. The number of hydrogen-bond acceptors (Lipinski definition) is 4. The standard InChI is InChI=1S/C21H20FN3O4/c1-13-5-4-6-17(25(28)29)16(13)11-18-19(26)23-21(2,20(27)24(18)3)12-14-7-9-15(22)10-8-14/h4-11H,12H2,1-3H3,(H,23,26). The van der Waals surface area contributed by atoms with Gasteiger partial charge in [0, 0.05) is 19.5 Å². The lowest BCUT2D eigenvalue weighted by Gasteiger charge is -2.39. The van der Waals surface area contributed by atoms with Gasteiger partial charge in [0.2, 0.25) is 0 Å². The van der Waals surface area contributed by atoms with Gasteiger partial charge in [-0.25, -0.2) is 4.39 Å². The van der Waals surface area contributed by atoms with Crippen LogP contribution in [0.4, 0.5) is 10.1 Å². The zero-order valence-electron chi connectivity index (χ0n) is 16.2. The second-order valence-electron chi connectivity index (χ2n) is 7.25. The molecule has 0 radical (unpaired) electrons. The van der Waals surface area contributed by atoms with E-state index in [1.807, 2.05) is 0 Å². The fourth-order valence-electron chi connectivity index (χ4n) is 3.44. The number of nitro groups is 1. The molecule has 3 rings (SSSR count). The van der Waals surface area contributed by atoms with Crippen LogP contribution in [0.1, 0.15) is 23.6 Å². The number of carbonyl (C=O) groups is 2. The molecule has 0 aromatic heterocycles. The van der Waals surface area contributed by atoms with Gasteiger partial charge in [0.25, 0.3) is 17.5 Å². The predicted octanol–water partition coefficient (Wildman–Crippen LogP) is 2.97. The van der Waals surface area contributed by atoms with Crippen molar-refractivity contribution < 1.29 is 18.9 Å². The topological polar surface area (TPSA) is 92.5 Å². The highest BCUT2D eigenvalue weighted by Crippen LogP contribution is 2.29. The Balaban J connectivity index is 1.96. The molecule has 1 fully saturated rings. The molecule has 0 aliphatic carbocycles. The number of hydrogen-bond donors (Lipinski definition) is 1. The molecule has 29 heavy (non-hydrogen) atoms. The molecule has 0 bridgehead atoms. The average Bonchev–Trinajstić information content (AvgIpc) is 2.66. The van der Waals surface area contributed by atoms with Gasteiger partial charge in [-0.05, 0) is 43.2 Å². The van der Waals surface area contributed by atoms with Gasteiger partial charge < -0.3 is 10.2 Å². The van der Waals surface area contributed by atoms with E-state index in [4.69, 9.17) is 0 Å². The maximum Gasteiger partial charge on any atom is 0.276 e. The maximum absolute atomic E-state index is 13.1. The summed E-state index contributed by atoms with van der Waals surface area (Å²) in [5.74, 6) is -1.28. The molecule has 1 atom stereocenters. The first-order chi connectivity index (χ1) is 13.6. The van der Waals surface area contributed by atoms with Crippen LogP contribution in [0, 0.1) is 22.9 Å². The number of likely N-dealkylation sites (N-methyl/N-ethyl adjacent to an activating group) is 1. The van der Waals surface area contributed by atoms with E-state index < -0.39 is 16.4 Å². The SMILES string of the molecule is Cc1cccc([N+](=O)[O-])c1C=C1C(=O)NC(C)(Cc2ccc(F)cc2)C(=O)N1C. The van der Waals surface area contributed by atoms with Crippen molar-refractivity contribution in [3.8, 4) is 0 Å². The van der Waals surface area contributed by atoms with Gasteiger partial charge in [-0.15, -0.1) is 0 Å². The molecule has 8 heteroatoms. The molecule has 2 amide bonds. The molecule has 150 valence electrons. The molecule has 7 nitrogen and oxygen atoms in total. The number of nitro benzene ring substituents is 1. The van der Waals surface area contributed by atoms with E-state index in [1.54, 1.807) is 38.1 Å². The zero-order chi connectivity index (χ0) is 21.3. The number of carbonyl (C=O) groups excluding carboxylic acids is 2. The average molecular weight is 397 g/mol. The zero-order valence-corrected chi connectivity index (χ0v) is 16.2. The number of nitrogens with zero attached hydrogens (tertiary/aromatic N) is 2. The fourth-order valence-corrected chi connectivity index (χ4v) is 3.44. The number of halogens is 1. The van der Waals surface area contributed by atoms with E-state index in [0.29, 0.717) is 11.1 Å². The van der Waals surface area contributed by atoms with Crippen molar-refractivity contribution in [2.45, 2.75) is 25.8 Å². The Hall–Kier alpha value is -3.55. The van der Waals surface area contributed by atoms with Crippen molar-refractivity contribution in [3.05, 3.63) is 80.8 Å². The molecule has 2 aromatic rings. The number of rotatable bonds is 4. The van der Waals surface area contributed by atoms with Crippen molar-refractivity contribution in [2.75, 3.05) is 7.05 Å². The summed E-state index contributed by atoms with van der Waals surface area (Å²) in [7, 11) is 1.46. The lowest BCUT2D eigenvalue weighted by Crippen LogP contribution is -2.64. The van der Waals surface area contributed by atoms with Crippen LogP contribution in [0.15, 0.2) is 48.2 Å². The summed E-state index contributed by atoms with van der Waals surface area (Å²) in [4.78, 5) is 37.9. The third-order valence-electron chi connectivity index (χ3n) is 5.01. The first-order valence-corrected chi connectivity index (χ1v) is 8.93. The van der Waals surface area contributed by atoms with Gasteiger partial charge in [0.05, 0.1) is 10.5 Å². The van der Waals surface area contributed by atoms with Crippen LogP contribution in [-0.2, 0) is 16.0 Å². The summed E-state index contributed by atoms with van der Waals surface area (Å²) < 4.78 is 13.1. The van der Waals surface area contributed by atoms with Crippen LogP contribution < -0.4 is 5.32 Å². The molecule has 1 saturated heterocycles.